The second-order valence-electron chi connectivity index (χ2n) is 8.30. The van der Waals surface area contributed by atoms with E-state index in [1.165, 1.54) is 5.56 Å². The Labute approximate surface area is 184 Å². The Balaban J connectivity index is 1.25. The van der Waals surface area contributed by atoms with Crippen LogP contribution < -0.4 is 9.47 Å². The molecule has 0 saturated carbocycles. The molecule has 1 fully saturated rings. The Hall–Kier alpha value is -2.83. The molecule has 2 heterocycles. The van der Waals surface area contributed by atoms with E-state index in [2.05, 4.69) is 26.6 Å². The van der Waals surface area contributed by atoms with Crippen LogP contribution in [0.25, 0.3) is 0 Å². The van der Waals surface area contributed by atoms with E-state index in [-0.39, 0.29) is 0 Å². The third-order valence-corrected chi connectivity index (χ3v) is 5.74. The van der Waals surface area contributed by atoms with Crippen LogP contribution in [-0.4, -0.2) is 51.5 Å². The molecule has 1 atom stereocenters. The van der Waals surface area contributed by atoms with Gasteiger partial charge in [0.1, 0.15) is 36.1 Å². The summed E-state index contributed by atoms with van der Waals surface area (Å²) >= 11 is 0. The lowest BCUT2D eigenvalue weighted by Gasteiger charge is -2.39. The molecule has 1 unspecified atom stereocenters. The summed E-state index contributed by atoms with van der Waals surface area (Å²) in [6.07, 6.45) is 5.50. The summed E-state index contributed by atoms with van der Waals surface area (Å²) in [4.78, 5) is 6.52. The Morgan fingerprint density at radius 2 is 1.81 bits per heavy atom. The van der Waals surface area contributed by atoms with Gasteiger partial charge in [0, 0.05) is 25.5 Å². The Bertz CT molecular complexity index is 942. The lowest BCUT2D eigenvalue weighted by molar-refractivity contribution is -0.0621. The average Bonchev–Trinajstić information content (AvgIpc) is 3.19. The van der Waals surface area contributed by atoms with Crippen molar-refractivity contribution in [1.29, 1.82) is 0 Å². The van der Waals surface area contributed by atoms with Crippen molar-refractivity contribution in [2.75, 3.05) is 26.3 Å². The van der Waals surface area contributed by atoms with E-state index < -0.39 is 5.60 Å². The van der Waals surface area contributed by atoms with Crippen LogP contribution in [0.4, 0.5) is 0 Å². The van der Waals surface area contributed by atoms with Gasteiger partial charge in [0.15, 0.2) is 0 Å². The predicted molar refractivity (Wildman–Crippen MR) is 120 cm³/mol. The van der Waals surface area contributed by atoms with Crippen molar-refractivity contribution in [2.45, 2.75) is 38.5 Å². The van der Waals surface area contributed by atoms with Crippen molar-refractivity contribution in [3.8, 4) is 11.5 Å². The fourth-order valence-electron chi connectivity index (χ4n) is 4.04. The highest BCUT2D eigenvalue weighted by Crippen LogP contribution is 2.24. The molecule has 1 saturated heterocycles. The van der Waals surface area contributed by atoms with Gasteiger partial charge in [-0.3, -0.25) is 4.90 Å². The third-order valence-electron chi connectivity index (χ3n) is 5.74. The topological polar surface area (TPSA) is 59.8 Å². The summed E-state index contributed by atoms with van der Waals surface area (Å²) in [5, 5.41) is 11.0. The van der Waals surface area contributed by atoms with Crippen LogP contribution in [-0.2, 0) is 13.1 Å². The molecule has 1 aliphatic rings. The van der Waals surface area contributed by atoms with Crippen LogP contribution in [0.15, 0.2) is 67.0 Å². The van der Waals surface area contributed by atoms with Crippen molar-refractivity contribution < 1.29 is 14.6 Å². The van der Waals surface area contributed by atoms with E-state index in [1.54, 1.807) is 6.20 Å². The number of piperidine rings is 1. The minimum Gasteiger partial charge on any atom is -0.492 e. The number of imidazole rings is 1. The van der Waals surface area contributed by atoms with E-state index >= 15 is 0 Å². The second-order valence-corrected chi connectivity index (χ2v) is 8.30. The molecule has 0 spiro atoms. The average molecular weight is 422 g/mol. The molecular weight excluding hydrogens is 390 g/mol. The van der Waals surface area contributed by atoms with Gasteiger partial charge in [0.25, 0.3) is 0 Å². The molecule has 164 valence electrons. The van der Waals surface area contributed by atoms with Crippen LogP contribution in [0.3, 0.4) is 0 Å². The summed E-state index contributed by atoms with van der Waals surface area (Å²) < 4.78 is 13.8. The van der Waals surface area contributed by atoms with E-state index in [9.17, 15) is 5.11 Å². The molecule has 6 heteroatoms. The summed E-state index contributed by atoms with van der Waals surface area (Å²) in [5.41, 5.74) is 0.397. The minimum absolute atomic E-state index is 0.316. The normalized spacial score (nSPS) is 19.3. The van der Waals surface area contributed by atoms with Crippen LogP contribution in [0, 0.1) is 6.92 Å². The molecule has 1 N–H and O–H groups in total. The van der Waals surface area contributed by atoms with E-state index in [0.717, 1.165) is 49.8 Å². The first-order valence-corrected chi connectivity index (χ1v) is 10.9. The number of rotatable bonds is 9. The molecule has 0 amide bonds. The Morgan fingerprint density at radius 3 is 2.55 bits per heavy atom. The van der Waals surface area contributed by atoms with E-state index in [1.807, 2.05) is 55.6 Å². The minimum atomic E-state index is -0.817. The second kappa shape index (κ2) is 9.98. The van der Waals surface area contributed by atoms with Crippen LogP contribution in [0.5, 0.6) is 11.5 Å². The number of aryl methyl sites for hydroxylation is 1. The molecule has 31 heavy (non-hydrogen) atoms. The maximum absolute atomic E-state index is 11.0. The van der Waals surface area contributed by atoms with Crippen molar-refractivity contribution in [2.24, 2.45) is 0 Å². The summed E-state index contributed by atoms with van der Waals surface area (Å²) in [7, 11) is 0. The molecule has 0 radical (unpaired) electrons. The molecule has 3 aromatic rings. The van der Waals surface area contributed by atoms with Gasteiger partial charge in [0.05, 0.1) is 6.54 Å². The van der Waals surface area contributed by atoms with Gasteiger partial charge in [-0.15, -0.1) is 0 Å². The summed E-state index contributed by atoms with van der Waals surface area (Å²) in [6, 6.07) is 17.9. The highest BCUT2D eigenvalue weighted by Gasteiger charge is 2.34. The molecule has 1 aliphatic heterocycles. The van der Waals surface area contributed by atoms with Crippen molar-refractivity contribution in [1.82, 2.24) is 14.5 Å². The molecular formula is C25H31N3O3. The van der Waals surface area contributed by atoms with Crippen molar-refractivity contribution in [3.05, 3.63) is 78.4 Å². The highest BCUT2D eigenvalue weighted by molar-refractivity contribution is 5.27. The third kappa shape index (κ3) is 6.09. The predicted octanol–water partition coefficient (Wildman–Crippen LogP) is 3.68. The number of benzene rings is 2. The molecule has 1 aromatic heterocycles. The van der Waals surface area contributed by atoms with Gasteiger partial charge >= 0.3 is 0 Å². The molecule has 0 aliphatic carbocycles. The number of para-hydroxylation sites is 1. The smallest absolute Gasteiger partial charge is 0.119 e. The van der Waals surface area contributed by atoms with Gasteiger partial charge in [-0.05, 0) is 56.1 Å². The number of aliphatic hydroxyl groups is 1. The zero-order chi connectivity index (χ0) is 21.5. The number of hydrogen-bond donors (Lipinski definition) is 1. The van der Waals surface area contributed by atoms with Crippen molar-refractivity contribution in [3.63, 3.8) is 0 Å². The zero-order valence-corrected chi connectivity index (χ0v) is 18.1. The van der Waals surface area contributed by atoms with Gasteiger partial charge in [0.2, 0.25) is 0 Å². The largest absolute Gasteiger partial charge is 0.492 e. The van der Waals surface area contributed by atoms with Gasteiger partial charge in [-0.2, -0.15) is 0 Å². The number of ether oxygens (including phenoxy) is 2. The molecule has 0 bridgehead atoms. The zero-order valence-electron chi connectivity index (χ0n) is 18.1. The quantitative estimate of drug-likeness (QED) is 0.571. The maximum atomic E-state index is 11.0. The SMILES string of the molecule is Cc1nccn1CCOc1ccc(CN2CCCC(O)(COc3ccccc3)C2)cc1. The lowest BCUT2D eigenvalue weighted by Crippen LogP contribution is -2.51. The van der Waals surface area contributed by atoms with E-state index in [4.69, 9.17) is 9.47 Å². The monoisotopic (exact) mass is 421 g/mol. The molecule has 6 nitrogen and oxygen atoms in total. The summed E-state index contributed by atoms with van der Waals surface area (Å²) in [6.45, 7) is 6.10. The van der Waals surface area contributed by atoms with Crippen LogP contribution in [0.2, 0.25) is 0 Å². The van der Waals surface area contributed by atoms with Gasteiger partial charge in [-0.25, -0.2) is 4.98 Å². The Morgan fingerprint density at radius 1 is 1.03 bits per heavy atom. The summed E-state index contributed by atoms with van der Waals surface area (Å²) in [5.74, 6) is 2.66. The van der Waals surface area contributed by atoms with E-state index in [0.29, 0.717) is 19.8 Å². The number of likely N-dealkylation sites (tertiary alicyclic amines) is 1. The standard InChI is InChI=1S/C25H31N3O3/c1-21-26-13-15-28(21)16-17-30-24-10-8-22(9-11-24)18-27-14-5-12-25(29,19-27)20-31-23-6-3-2-4-7-23/h2-4,6-11,13,15,29H,5,12,14,16-20H2,1H3. The lowest BCUT2D eigenvalue weighted by atomic mass is 9.93. The van der Waals surface area contributed by atoms with Gasteiger partial charge < -0.3 is 19.1 Å². The van der Waals surface area contributed by atoms with Crippen molar-refractivity contribution >= 4 is 0 Å². The fourth-order valence-corrected chi connectivity index (χ4v) is 4.04. The molecule has 2 aromatic carbocycles. The van der Waals surface area contributed by atoms with Crippen LogP contribution in [0.1, 0.15) is 24.2 Å². The number of hydrogen-bond acceptors (Lipinski definition) is 5. The highest BCUT2D eigenvalue weighted by atomic mass is 16.5. The first kappa shape index (κ1) is 21.4. The first-order valence-electron chi connectivity index (χ1n) is 10.9. The van der Waals surface area contributed by atoms with Crippen LogP contribution >= 0.6 is 0 Å². The first-order chi connectivity index (χ1) is 15.1. The number of nitrogens with zero attached hydrogens (tertiary/aromatic N) is 3. The van der Waals surface area contributed by atoms with Gasteiger partial charge in [-0.1, -0.05) is 30.3 Å². The number of aromatic nitrogens is 2. The number of β-amino-alcohol motifs (C(OH)–C–C–N with tert-alkyl or cyclic N) is 1. The fraction of sp³-hybridized carbons (Fsp3) is 0.400. The Kier molecular flexibility index (Phi) is 6.89. The maximum Gasteiger partial charge on any atom is 0.119 e. The molecule has 4 rings (SSSR count).